The van der Waals surface area contributed by atoms with E-state index < -0.39 is 12.0 Å². The number of likely N-dealkylation sites (N-methyl/N-ethyl adjacent to an activating group) is 1. The van der Waals surface area contributed by atoms with Crippen molar-refractivity contribution in [1.29, 1.82) is 0 Å². The Kier molecular flexibility index (Phi) is 3.93. The number of benzene rings is 1. The van der Waals surface area contributed by atoms with Gasteiger partial charge < -0.3 is 10.0 Å². The van der Waals surface area contributed by atoms with Gasteiger partial charge in [0.1, 0.15) is 6.04 Å². The van der Waals surface area contributed by atoms with Gasteiger partial charge in [-0.1, -0.05) is 12.1 Å². The molecular formula is C13H19NO2. The van der Waals surface area contributed by atoms with Crippen molar-refractivity contribution in [3.05, 3.63) is 29.3 Å². The predicted octanol–water partition coefficient (Wildman–Crippen LogP) is 2.60. The molecule has 0 fully saturated rings. The van der Waals surface area contributed by atoms with Crippen LogP contribution in [0.5, 0.6) is 0 Å². The second-order valence-corrected chi connectivity index (χ2v) is 4.02. The zero-order valence-corrected chi connectivity index (χ0v) is 10.3. The van der Waals surface area contributed by atoms with Gasteiger partial charge in [0.15, 0.2) is 0 Å². The molecule has 16 heavy (non-hydrogen) atoms. The molecule has 3 heteroatoms. The van der Waals surface area contributed by atoms with Crippen LogP contribution < -0.4 is 4.90 Å². The zero-order valence-electron chi connectivity index (χ0n) is 10.3. The van der Waals surface area contributed by atoms with Crippen LogP contribution in [0.25, 0.3) is 0 Å². The van der Waals surface area contributed by atoms with E-state index in [1.54, 1.807) is 6.92 Å². The lowest BCUT2D eigenvalue weighted by atomic mass is 10.1. The number of aryl methyl sites for hydroxylation is 1. The van der Waals surface area contributed by atoms with E-state index in [1.165, 1.54) is 5.56 Å². The Hall–Kier alpha value is -1.51. The van der Waals surface area contributed by atoms with Crippen LogP contribution in [0, 0.1) is 13.8 Å². The summed E-state index contributed by atoms with van der Waals surface area (Å²) < 4.78 is 0. The Labute approximate surface area is 96.7 Å². The molecule has 1 aromatic rings. The number of carboxylic acid groups (broad SMARTS) is 1. The lowest BCUT2D eigenvalue weighted by Crippen LogP contribution is -2.39. The molecule has 3 nitrogen and oxygen atoms in total. The molecule has 0 aromatic heterocycles. The molecule has 0 aliphatic carbocycles. The Bertz CT molecular complexity index is 388. The van der Waals surface area contributed by atoms with Crippen molar-refractivity contribution in [2.45, 2.75) is 33.7 Å². The molecule has 0 saturated carbocycles. The molecule has 1 atom stereocenters. The summed E-state index contributed by atoms with van der Waals surface area (Å²) in [5, 5.41) is 9.06. The number of carbonyl (C=O) groups is 1. The van der Waals surface area contributed by atoms with Crippen LogP contribution in [0.1, 0.15) is 25.0 Å². The average molecular weight is 221 g/mol. The van der Waals surface area contributed by atoms with Crippen LogP contribution in [0.2, 0.25) is 0 Å². The third-order valence-electron chi connectivity index (χ3n) is 3.05. The van der Waals surface area contributed by atoms with Crippen molar-refractivity contribution in [2.75, 3.05) is 11.4 Å². The first-order chi connectivity index (χ1) is 7.49. The molecule has 1 rings (SSSR count). The van der Waals surface area contributed by atoms with Crippen molar-refractivity contribution in [2.24, 2.45) is 0 Å². The number of hydrogen-bond acceptors (Lipinski definition) is 2. The van der Waals surface area contributed by atoms with Crippen LogP contribution in [-0.4, -0.2) is 23.7 Å². The van der Waals surface area contributed by atoms with Gasteiger partial charge in [-0.15, -0.1) is 0 Å². The lowest BCUT2D eigenvalue weighted by molar-refractivity contribution is -0.138. The van der Waals surface area contributed by atoms with Gasteiger partial charge in [-0.25, -0.2) is 4.79 Å². The van der Waals surface area contributed by atoms with Gasteiger partial charge in [0.25, 0.3) is 0 Å². The van der Waals surface area contributed by atoms with Gasteiger partial charge in [0, 0.05) is 12.2 Å². The van der Waals surface area contributed by atoms with Gasteiger partial charge in [-0.3, -0.25) is 0 Å². The molecule has 0 amide bonds. The third kappa shape index (κ3) is 2.35. The van der Waals surface area contributed by atoms with Gasteiger partial charge in [-0.2, -0.15) is 0 Å². The Morgan fingerprint density at radius 2 is 2.06 bits per heavy atom. The first-order valence-electron chi connectivity index (χ1n) is 5.54. The summed E-state index contributed by atoms with van der Waals surface area (Å²) in [6, 6.07) is 5.49. The Balaban J connectivity index is 3.13. The summed E-state index contributed by atoms with van der Waals surface area (Å²) in [5.41, 5.74) is 3.35. The monoisotopic (exact) mass is 221 g/mol. The summed E-state index contributed by atoms with van der Waals surface area (Å²) in [7, 11) is 0. The molecule has 0 aliphatic heterocycles. The SMILES string of the molecule is CCN(c1cccc(C)c1C)C(C)C(=O)O. The molecule has 1 aromatic carbocycles. The summed E-state index contributed by atoms with van der Waals surface area (Å²) in [6.45, 7) is 8.45. The highest BCUT2D eigenvalue weighted by Gasteiger charge is 2.20. The Morgan fingerprint density at radius 3 is 2.56 bits per heavy atom. The maximum absolute atomic E-state index is 11.0. The minimum absolute atomic E-state index is 0.495. The first kappa shape index (κ1) is 12.6. The van der Waals surface area contributed by atoms with E-state index >= 15 is 0 Å². The number of nitrogens with zero attached hydrogens (tertiary/aromatic N) is 1. The third-order valence-corrected chi connectivity index (χ3v) is 3.05. The average Bonchev–Trinajstić information content (AvgIpc) is 2.24. The molecule has 1 unspecified atom stereocenters. The zero-order chi connectivity index (χ0) is 12.3. The van der Waals surface area contributed by atoms with E-state index in [1.807, 2.05) is 43.9 Å². The smallest absolute Gasteiger partial charge is 0.326 e. The van der Waals surface area contributed by atoms with E-state index in [4.69, 9.17) is 5.11 Å². The van der Waals surface area contributed by atoms with E-state index in [-0.39, 0.29) is 0 Å². The number of hydrogen-bond donors (Lipinski definition) is 1. The molecule has 0 aliphatic rings. The van der Waals surface area contributed by atoms with Crippen molar-refractivity contribution < 1.29 is 9.90 Å². The summed E-state index contributed by atoms with van der Waals surface area (Å²) in [4.78, 5) is 12.9. The maximum atomic E-state index is 11.0. The van der Waals surface area contributed by atoms with E-state index in [0.717, 1.165) is 11.3 Å². The van der Waals surface area contributed by atoms with Crippen molar-refractivity contribution in [3.8, 4) is 0 Å². The molecule has 1 N–H and O–H groups in total. The van der Waals surface area contributed by atoms with Crippen molar-refractivity contribution >= 4 is 11.7 Å². The highest BCUT2D eigenvalue weighted by molar-refractivity contribution is 5.78. The fourth-order valence-electron chi connectivity index (χ4n) is 1.83. The second-order valence-electron chi connectivity index (χ2n) is 4.02. The number of aliphatic carboxylic acids is 1. The van der Waals surface area contributed by atoms with Gasteiger partial charge in [0.05, 0.1) is 0 Å². The van der Waals surface area contributed by atoms with Crippen LogP contribution in [0.4, 0.5) is 5.69 Å². The summed E-state index contributed by atoms with van der Waals surface area (Å²) >= 11 is 0. The lowest BCUT2D eigenvalue weighted by Gasteiger charge is -2.29. The topological polar surface area (TPSA) is 40.5 Å². The molecule has 0 heterocycles. The van der Waals surface area contributed by atoms with Gasteiger partial charge in [-0.05, 0) is 44.9 Å². The van der Waals surface area contributed by atoms with Crippen molar-refractivity contribution in [3.63, 3.8) is 0 Å². The molecular weight excluding hydrogens is 202 g/mol. The summed E-state index contributed by atoms with van der Waals surface area (Å²) in [5.74, 6) is -0.789. The van der Waals surface area contributed by atoms with Crippen molar-refractivity contribution in [1.82, 2.24) is 0 Å². The minimum atomic E-state index is -0.789. The van der Waals surface area contributed by atoms with E-state index in [0.29, 0.717) is 6.54 Å². The maximum Gasteiger partial charge on any atom is 0.326 e. The first-order valence-corrected chi connectivity index (χ1v) is 5.54. The molecule has 0 bridgehead atoms. The standard InChI is InChI=1S/C13H19NO2/c1-5-14(11(4)13(15)16)12-8-6-7-9(2)10(12)3/h6-8,11H,5H2,1-4H3,(H,15,16). The minimum Gasteiger partial charge on any atom is -0.480 e. The van der Waals surface area contributed by atoms with Gasteiger partial charge >= 0.3 is 5.97 Å². The normalized spacial score (nSPS) is 12.2. The van der Waals surface area contributed by atoms with Crippen LogP contribution >= 0.6 is 0 Å². The molecule has 0 saturated heterocycles. The van der Waals surface area contributed by atoms with E-state index in [2.05, 4.69) is 0 Å². The van der Waals surface area contributed by atoms with Crippen LogP contribution in [-0.2, 0) is 4.79 Å². The van der Waals surface area contributed by atoms with Gasteiger partial charge in [0.2, 0.25) is 0 Å². The summed E-state index contributed by atoms with van der Waals surface area (Å²) in [6.07, 6.45) is 0. The van der Waals surface area contributed by atoms with Crippen LogP contribution in [0.15, 0.2) is 18.2 Å². The number of carboxylic acids is 1. The molecule has 88 valence electrons. The fraction of sp³-hybridized carbons (Fsp3) is 0.462. The fourth-order valence-corrected chi connectivity index (χ4v) is 1.83. The highest BCUT2D eigenvalue weighted by Crippen LogP contribution is 2.24. The number of rotatable bonds is 4. The van der Waals surface area contributed by atoms with Crippen LogP contribution in [0.3, 0.4) is 0 Å². The highest BCUT2D eigenvalue weighted by atomic mass is 16.4. The quantitative estimate of drug-likeness (QED) is 0.849. The van der Waals surface area contributed by atoms with E-state index in [9.17, 15) is 4.79 Å². The predicted molar refractivity (Wildman–Crippen MR) is 66.0 cm³/mol. The molecule has 0 spiro atoms. The number of anilines is 1. The second kappa shape index (κ2) is 5.01. The largest absolute Gasteiger partial charge is 0.480 e. The molecule has 0 radical (unpaired) electrons. The Morgan fingerprint density at radius 1 is 1.44 bits per heavy atom.